The van der Waals surface area contributed by atoms with Gasteiger partial charge in [0.05, 0.1) is 31.6 Å². The Kier molecular flexibility index (Phi) is 4.21. The summed E-state index contributed by atoms with van der Waals surface area (Å²) in [6.07, 6.45) is 4.08. The topological polar surface area (TPSA) is 47.7 Å². The normalized spacial score (nSPS) is 29.4. The van der Waals surface area contributed by atoms with Crippen molar-refractivity contribution in [3.05, 3.63) is 11.8 Å². The molecule has 4 nitrogen and oxygen atoms in total. The predicted octanol–water partition coefficient (Wildman–Crippen LogP) is 0.729. The highest BCUT2D eigenvalue weighted by Gasteiger charge is 2.28. The maximum atomic E-state index is 6.24. The third kappa shape index (κ3) is 2.75. The lowest BCUT2D eigenvalue weighted by Crippen LogP contribution is -2.51. The second-order valence-corrected chi connectivity index (χ2v) is 4.50. The van der Waals surface area contributed by atoms with Crippen molar-refractivity contribution in [3.8, 4) is 0 Å². The molecule has 16 heavy (non-hydrogen) atoms. The number of hydrogen-bond acceptors (Lipinski definition) is 4. The van der Waals surface area contributed by atoms with E-state index >= 15 is 0 Å². The Hall–Kier alpha value is -0.580. The standard InChI is InChI=1S/C12H22N2O2/c1-2-14-5-7-16-11(8-14)12(13)10-4-3-6-15-9-10/h9,11-12H,2-8,13H2,1H3. The van der Waals surface area contributed by atoms with Gasteiger partial charge in [-0.05, 0) is 25.0 Å². The fourth-order valence-corrected chi connectivity index (χ4v) is 2.30. The Balaban J connectivity index is 1.92. The Morgan fingerprint density at radius 2 is 2.44 bits per heavy atom. The summed E-state index contributed by atoms with van der Waals surface area (Å²) in [5, 5.41) is 0. The minimum absolute atomic E-state index is 0.00495. The molecule has 0 aromatic rings. The van der Waals surface area contributed by atoms with Crippen LogP contribution in [0.15, 0.2) is 11.8 Å². The van der Waals surface area contributed by atoms with Crippen molar-refractivity contribution < 1.29 is 9.47 Å². The summed E-state index contributed by atoms with van der Waals surface area (Å²) in [4.78, 5) is 2.39. The largest absolute Gasteiger partial charge is 0.501 e. The number of nitrogens with zero attached hydrogens (tertiary/aromatic N) is 1. The molecular formula is C12H22N2O2. The summed E-state index contributed by atoms with van der Waals surface area (Å²) in [6, 6.07) is -0.00495. The molecular weight excluding hydrogens is 204 g/mol. The van der Waals surface area contributed by atoms with Crippen LogP contribution in [0.2, 0.25) is 0 Å². The van der Waals surface area contributed by atoms with Gasteiger partial charge in [0.25, 0.3) is 0 Å². The van der Waals surface area contributed by atoms with Crippen LogP contribution < -0.4 is 5.73 Å². The Morgan fingerprint density at radius 1 is 1.56 bits per heavy atom. The molecule has 0 aromatic carbocycles. The molecule has 2 heterocycles. The van der Waals surface area contributed by atoms with Crippen molar-refractivity contribution in [1.82, 2.24) is 4.90 Å². The first-order valence-electron chi connectivity index (χ1n) is 6.21. The average molecular weight is 226 g/mol. The SMILES string of the molecule is CCN1CCOC(C(N)C2=COCCC2)C1. The van der Waals surface area contributed by atoms with E-state index in [1.807, 2.05) is 6.26 Å². The van der Waals surface area contributed by atoms with Crippen LogP contribution in [0.3, 0.4) is 0 Å². The highest BCUT2D eigenvalue weighted by Crippen LogP contribution is 2.20. The van der Waals surface area contributed by atoms with E-state index < -0.39 is 0 Å². The van der Waals surface area contributed by atoms with Crippen molar-refractivity contribution in [2.45, 2.75) is 31.9 Å². The lowest BCUT2D eigenvalue weighted by Gasteiger charge is -2.36. The molecule has 92 valence electrons. The predicted molar refractivity (Wildman–Crippen MR) is 63.1 cm³/mol. The molecule has 1 saturated heterocycles. The Morgan fingerprint density at radius 3 is 3.12 bits per heavy atom. The van der Waals surface area contributed by atoms with Crippen LogP contribution in [0, 0.1) is 0 Å². The van der Waals surface area contributed by atoms with Crippen LogP contribution in [0.5, 0.6) is 0 Å². The van der Waals surface area contributed by atoms with Gasteiger partial charge in [-0.2, -0.15) is 0 Å². The zero-order valence-corrected chi connectivity index (χ0v) is 10.0. The van der Waals surface area contributed by atoms with Crippen molar-refractivity contribution in [2.24, 2.45) is 5.73 Å². The van der Waals surface area contributed by atoms with Gasteiger partial charge >= 0.3 is 0 Å². The van der Waals surface area contributed by atoms with E-state index in [-0.39, 0.29) is 12.1 Å². The zero-order valence-electron chi connectivity index (χ0n) is 10.0. The number of ether oxygens (including phenoxy) is 2. The van der Waals surface area contributed by atoms with Crippen molar-refractivity contribution >= 4 is 0 Å². The molecule has 2 aliphatic heterocycles. The number of rotatable bonds is 3. The molecule has 2 N–H and O–H groups in total. The highest BCUT2D eigenvalue weighted by atomic mass is 16.5. The summed E-state index contributed by atoms with van der Waals surface area (Å²) in [7, 11) is 0. The first kappa shape index (κ1) is 11.9. The number of hydrogen-bond donors (Lipinski definition) is 1. The third-order valence-electron chi connectivity index (χ3n) is 3.42. The molecule has 2 aliphatic rings. The summed E-state index contributed by atoms with van der Waals surface area (Å²) in [6.45, 7) is 6.83. The summed E-state index contributed by atoms with van der Waals surface area (Å²) in [5.74, 6) is 0. The minimum Gasteiger partial charge on any atom is -0.501 e. The fraction of sp³-hybridized carbons (Fsp3) is 0.833. The van der Waals surface area contributed by atoms with Crippen molar-refractivity contribution in [1.29, 1.82) is 0 Å². The van der Waals surface area contributed by atoms with Crippen LogP contribution in [0.1, 0.15) is 19.8 Å². The van der Waals surface area contributed by atoms with Crippen LogP contribution in [-0.2, 0) is 9.47 Å². The van der Waals surface area contributed by atoms with Gasteiger partial charge in [-0.1, -0.05) is 6.92 Å². The molecule has 0 spiro atoms. The molecule has 2 unspecified atom stereocenters. The average Bonchev–Trinajstić information content (AvgIpc) is 2.39. The maximum absolute atomic E-state index is 6.24. The fourth-order valence-electron chi connectivity index (χ4n) is 2.30. The van der Waals surface area contributed by atoms with Gasteiger partial charge in [0.1, 0.15) is 0 Å². The van der Waals surface area contributed by atoms with Gasteiger partial charge in [-0.25, -0.2) is 0 Å². The molecule has 0 saturated carbocycles. The quantitative estimate of drug-likeness (QED) is 0.770. The van der Waals surface area contributed by atoms with Gasteiger partial charge in [-0.15, -0.1) is 0 Å². The molecule has 0 aromatic heterocycles. The van der Waals surface area contributed by atoms with E-state index in [4.69, 9.17) is 15.2 Å². The summed E-state index contributed by atoms with van der Waals surface area (Å²) < 4.78 is 11.1. The van der Waals surface area contributed by atoms with Crippen LogP contribution in [0.25, 0.3) is 0 Å². The summed E-state index contributed by atoms with van der Waals surface area (Å²) in [5.41, 5.74) is 7.44. The molecule has 2 atom stereocenters. The number of nitrogens with two attached hydrogens (primary N) is 1. The summed E-state index contributed by atoms with van der Waals surface area (Å²) >= 11 is 0. The zero-order chi connectivity index (χ0) is 11.4. The van der Waals surface area contributed by atoms with E-state index in [0.717, 1.165) is 45.7 Å². The third-order valence-corrected chi connectivity index (χ3v) is 3.42. The van der Waals surface area contributed by atoms with Crippen molar-refractivity contribution in [3.63, 3.8) is 0 Å². The minimum atomic E-state index is -0.00495. The monoisotopic (exact) mass is 226 g/mol. The molecule has 2 rings (SSSR count). The lowest BCUT2D eigenvalue weighted by atomic mass is 9.97. The van der Waals surface area contributed by atoms with Crippen LogP contribution in [-0.4, -0.2) is 49.9 Å². The Labute approximate surface area is 97.4 Å². The van der Waals surface area contributed by atoms with E-state index in [9.17, 15) is 0 Å². The van der Waals surface area contributed by atoms with E-state index in [0.29, 0.717) is 0 Å². The lowest BCUT2D eigenvalue weighted by molar-refractivity contribution is -0.0346. The maximum Gasteiger partial charge on any atom is 0.0892 e. The second kappa shape index (κ2) is 5.66. The molecule has 4 heteroatoms. The Bertz CT molecular complexity index is 255. The van der Waals surface area contributed by atoms with Gasteiger partial charge in [0.15, 0.2) is 0 Å². The first-order valence-corrected chi connectivity index (χ1v) is 6.21. The van der Waals surface area contributed by atoms with Gasteiger partial charge < -0.3 is 15.2 Å². The molecule has 0 bridgehead atoms. The second-order valence-electron chi connectivity index (χ2n) is 4.50. The van der Waals surface area contributed by atoms with Gasteiger partial charge in [-0.3, -0.25) is 4.90 Å². The van der Waals surface area contributed by atoms with E-state index in [2.05, 4.69) is 11.8 Å². The van der Waals surface area contributed by atoms with Crippen molar-refractivity contribution in [2.75, 3.05) is 32.8 Å². The first-order chi connectivity index (χ1) is 7.81. The van der Waals surface area contributed by atoms with Crippen LogP contribution >= 0.6 is 0 Å². The van der Waals surface area contributed by atoms with Crippen LogP contribution in [0.4, 0.5) is 0 Å². The molecule has 0 radical (unpaired) electrons. The molecule has 0 aliphatic carbocycles. The van der Waals surface area contributed by atoms with E-state index in [1.54, 1.807) is 0 Å². The molecule has 0 amide bonds. The smallest absolute Gasteiger partial charge is 0.0892 e. The number of morpholine rings is 1. The van der Waals surface area contributed by atoms with Gasteiger partial charge in [0.2, 0.25) is 0 Å². The highest BCUT2D eigenvalue weighted by molar-refractivity contribution is 5.12. The number of likely N-dealkylation sites (N-methyl/N-ethyl adjacent to an activating group) is 1. The van der Waals surface area contributed by atoms with Gasteiger partial charge in [0, 0.05) is 13.1 Å². The molecule has 1 fully saturated rings. The van der Waals surface area contributed by atoms with E-state index in [1.165, 1.54) is 5.57 Å².